The summed E-state index contributed by atoms with van der Waals surface area (Å²) in [6.07, 6.45) is -2.97. The molecule has 1 aliphatic heterocycles. The SMILES string of the molecule is COc1ccc2cc([C@H](C)C(=O)OC[C@H](O)[C@H]3OC(=O)C(O)=C3O)ccc2c1. The Labute approximate surface area is 160 Å². The van der Waals surface area contributed by atoms with E-state index < -0.39 is 48.2 Å². The summed E-state index contributed by atoms with van der Waals surface area (Å²) >= 11 is 0. The van der Waals surface area contributed by atoms with Crippen LogP contribution in [0, 0.1) is 0 Å². The Kier molecular flexibility index (Phi) is 5.41. The van der Waals surface area contributed by atoms with Crippen LogP contribution in [0.3, 0.4) is 0 Å². The smallest absolute Gasteiger partial charge is 0.377 e. The van der Waals surface area contributed by atoms with Crippen molar-refractivity contribution in [2.75, 3.05) is 13.7 Å². The first-order valence-electron chi connectivity index (χ1n) is 8.57. The van der Waals surface area contributed by atoms with Crippen molar-refractivity contribution in [2.45, 2.75) is 25.0 Å². The molecule has 1 aliphatic rings. The first-order chi connectivity index (χ1) is 13.3. The maximum atomic E-state index is 12.3. The van der Waals surface area contributed by atoms with Crippen LogP contribution in [0.25, 0.3) is 10.8 Å². The number of fused-ring (bicyclic) bond motifs is 1. The standard InChI is InChI=1S/C20H20O8/c1-10(11-3-4-13-8-14(26-2)6-5-12(13)7-11)19(24)27-9-15(21)18-16(22)17(23)20(25)28-18/h3-8,10,15,18,21-23H,9H2,1-2H3/t10-,15-,18+/m0/s1. The minimum Gasteiger partial charge on any atom is -0.505 e. The largest absolute Gasteiger partial charge is 0.505 e. The molecule has 3 atom stereocenters. The van der Waals surface area contributed by atoms with E-state index in [4.69, 9.17) is 9.47 Å². The van der Waals surface area contributed by atoms with Crippen molar-refractivity contribution < 1.29 is 39.1 Å². The molecule has 0 amide bonds. The van der Waals surface area contributed by atoms with Crippen LogP contribution in [-0.4, -0.2) is 53.2 Å². The third kappa shape index (κ3) is 3.72. The van der Waals surface area contributed by atoms with E-state index in [1.807, 2.05) is 30.3 Å². The van der Waals surface area contributed by atoms with Gasteiger partial charge in [0.25, 0.3) is 0 Å². The number of hydrogen-bond acceptors (Lipinski definition) is 8. The molecule has 0 fully saturated rings. The molecule has 1 heterocycles. The average Bonchev–Trinajstić information content (AvgIpc) is 2.97. The first-order valence-corrected chi connectivity index (χ1v) is 8.57. The zero-order chi connectivity index (χ0) is 20.4. The highest BCUT2D eigenvalue weighted by Crippen LogP contribution is 2.26. The zero-order valence-electron chi connectivity index (χ0n) is 15.3. The fourth-order valence-electron chi connectivity index (χ4n) is 2.88. The van der Waals surface area contributed by atoms with E-state index in [1.54, 1.807) is 20.1 Å². The maximum Gasteiger partial charge on any atom is 0.377 e. The van der Waals surface area contributed by atoms with Crippen LogP contribution < -0.4 is 4.74 Å². The molecular formula is C20H20O8. The lowest BCUT2D eigenvalue weighted by molar-refractivity contribution is -0.155. The Hall–Kier alpha value is -3.26. The van der Waals surface area contributed by atoms with Gasteiger partial charge in [0.15, 0.2) is 11.9 Å². The fraction of sp³-hybridized carbons (Fsp3) is 0.300. The number of hydrogen-bond donors (Lipinski definition) is 3. The third-order valence-corrected chi connectivity index (χ3v) is 4.61. The Bertz CT molecular complexity index is 948. The topological polar surface area (TPSA) is 123 Å². The molecule has 8 nitrogen and oxygen atoms in total. The highest BCUT2D eigenvalue weighted by Gasteiger charge is 2.39. The second-order valence-electron chi connectivity index (χ2n) is 6.45. The van der Waals surface area contributed by atoms with Crippen molar-refractivity contribution in [2.24, 2.45) is 0 Å². The van der Waals surface area contributed by atoms with E-state index in [9.17, 15) is 24.9 Å². The Morgan fingerprint density at radius 2 is 1.86 bits per heavy atom. The molecule has 3 N–H and O–H groups in total. The summed E-state index contributed by atoms with van der Waals surface area (Å²) in [6.45, 7) is 1.15. The van der Waals surface area contributed by atoms with Gasteiger partial charge in [0.2, 0.25) is 5.76 Å². The summed E-state index contributed by atoms with van der Waals surface area (Å²) in [7, 11) is 1.59. The van der Waals surface area contributed by atoms with Crippen LogP contribution in [0.5, 0.6) is 5.75 Å². The molecule has 0 aromatic heterocycles. The van der Waals surface area contributed by atoms with Crippen LogP contribution in [0.15, 0.2) is 47.9 Å². The van der Waals surface area contributed by atoms with Gasteiger partial charge in [-0.3, -0.25) is 4.79 Å². The van der Waals surface area contributed by atoms with Gasteiger partial charge in [0.05, 0.1) is 13.0 Å². The van der Waals surface area contributed by atoms with Gasteiger partial charge < -0.3 is 29.5 Å². The normalized spacial score (nSPS) is 18.7. The lowest BCUT2D eigenvalue weighted by Gasteiger charge is -2.19. The zero-order valence-corrected chi connectivity index (χ0v) is 15.3. The summed E-state index contributed by atoms with van der Waals surface area (Å²) in [4.78, 5) is 23.5. The molecule has 0 saturated heterocycles. The van der Waals surface area contributed by atoms with Gasteiger partial charge in [0, 0.05) is 0 Å². The Morgan fingerprint density at radius 1 is 1.18 bits per heavy atom. The van der Waals surface area contributed by atoms with Crippen LogP contribution >= 0.6 is 0 Å². The highest BCUT2D eigenvalue weighted by molar-refractivity contribution is 5.89. The lowest BCUT2D eigenvalue weighted by atomic mass is 9.98. The van der Waals surface area contributed by atoms with Gasteiger partial charge in [-0.1, -0.05) is 24.3 Å². The molecule has 0 spiro atoms. The van der Waals surface area contributed by atoms with E-state index in [2.05, 4.69) is 4.74 Å². The quantitative estimate of drug-likeness (QED) is 0.643. The van der Waals surface area contributed by atoms with Gasteiger partial charge in [-0.2, -0.15) is 0 Å². The number of esters is 2. The molecule has 0 unspecified atom stereocenters. The van der Waals surface area contributed by atoms with Crippen LogP contribution in [-0.2, 0) is 19.1 Å². The lowest BCUT2D eigenvalue weighted by Crippen LogP contribution is -2.34. The fourth-order valence-corrected chi connectivity index (χ4v) is 2.88. The summed E-state index contributed by atoms with van der Waals surface area (Å²) in [5.74, 6) is -3.36. The van der Waals surface area contributed by atoms with Gasteiger partial charge in [-0.05, 0) is 35.4 Å². The molecule has 2 aromatic carbocycles. The van der Waals surface area contributed by atoms with Crippen LogP contribution in [0.1, 0.15) is 18.4 Å². The monoisotopic (exact) mass is 388 g/mol. The molecule has 0 aliphatic carbocycles. The first kappa shape index (κ1) is 19.5. The molecular weight excluding hydrogens is 368 g/mol. The van der Waals surface area contributed by atoms with Crippen LogP contribution in [0.4, 0.5) is 0 Å². The molecule has 0 bridgehead atoms. The molecule has 2 aromatic rings. The van der Waals surface area contributed by atoms with Crippen molar-refractivity contribution in [3.05, 3.63) is 53.5 Å². The number of aliphatic hydroxyl groups excluding tert-OH is 3. The van der Waals surface area contributed by atoms with E-state index in [1.165, 1.54) is 0 Å². The highest BCUT2D eigenvalue weighted by atomic mass is 16.6. The second kappa shape index (κ2) is 7.77. The minimum atomic E-state index is -1.51. The third-order valence-electron chi connectivity index (χ3n) is 4.61. The van der Waals surface area contributed by atoms with E-state index in [-0.39, 0.29) is 0 Å². The average molecular weight is 388 g/mol. The summed E-state index contributed by atoms with van der Waals surface area (Å²) in [5.41, 5.74) is 0.727. The molecule has 3 rings (SSSR count). The van der Waals surface area contributed by atoms with Crippen molar-refractivity contribution in [1.29, 1.82) is 0 Å². The maximum absolute atomic E-state index is 12.3. The molecule has 0 radical (unpaired) electrons. The minimum absolute atomic E-state index is 0.511. The number of aliphatic hydroxyl groups is 3. The molecule has 0 saturated carbocycles. The number of methoxy groups -OCH3 is 1. The van der Waals surface area contributed by atoms with Crippen molar-refractivity contribution in [1.82, 2.24) is 0 Å². The van der Waals surface area contributed by atoms with Gasteiger partial charge in [0.1, 0.15) is 18.5 Å². The van der Waals surface area contributed by atoms with Crippen molar-refractivity contribution in [3.63, 3.8) is 0 Å². The van der Waals surface area contributed by atoms with Gasteiger partial charge >= 0.3 is 11.9 Å². The van der Waals surface area contributed by atoms with E-state index in [0.717, 1.165) is 22.1 Å². The van der Waals surface area contributed by atoms with Crippen molar-refractivity contribution >= 4 is 22.7 Å². The Morgan fingerprint density at radius 3 is 2.50 bits per heavy atom. The van der Waals surface area contributed by atoms with Gasteiger partial charge in [-0.25, -0.2) is 4.79 Å². The molecule has 8 heteroatoms. The van der Waals surface area contributed by atoms with E-state index in [0.29, 0.717) is 0 Å². The number of cyclic esters (lactones) is 1. The van der Waals surface area contributed by atoms with Crippen LogP contribution in [0.2, 0.25) is 0 Å². The number of rotatable bonds is 6. The Balaban J connectivity index is 1.64. The predicted octanol–water partition coefficient (Wildman–Crippen LogP) is 2.11. The summed E-state index contributed by atoms with van der Waals surface area (Å²) in [6, 6.07) is 11.1. The molecule has 28 heavy (non-hydrogen) atoms. The van der Waals surface area contributed by atoms with Gasteiger partial charge in [-0.15, -0.1) is 0 Å². The van der Waals surface area contributed by atoms with E-state index >= 15 is 0 Å². The van der Waals surface area contributed by atoms with Crippen molar-refractivity contribution in [3.8, 4) is 5.75 Å². The number of benzene rings is 2. The number of carbonyl (C=O) groups excluding carboxylic acids is 2. The number of ether oxygens (including phenoxy) is 3. The molecule has 148 valence electrons. The summed E-state index contributed by atoms with van der Waals surface area (Å²) in [5, 5.41) is 30.7. The number of carbonyl (C=O) groups is 2. The summed E-state index contributed by atoms with van der Waals surface area (Å²) < 4.78 is 14.9. The second-order valence-corrected chi connectivity index (χ2v) is 6.45. The predicted molar refractivity (Wildman–Crippen MR) is 98.0 cm³/mol.